The molecule has 22 heavy (non-hydrogen) atoms. The number of hydrogen-bond acceptors (Lipinski definition) is 3. The number of aromatic amines is 1. The second-order valence-corrected chi connectivity index (χ2v) is 5.63. The third-order valence-electron chi connectivity index (χ3n) is 3.29. The highest BCUT2D eigenvalue weighted by molar-refractivity contribution is 6.42. The van der Waals surface area contributed by atoms with E-state index in [2.05, 4.69) is 15.5 Å². The fourth-order valence-corrected chi connectivity index (χ4v) is 2.40. The Kier molecular flexibility index (Phi) is 4.02. The van der Waals surface area contributed by atoms with Crippen molar-refractivity contribution in [3.63, 3.8) is 0 Å². The van der Waals surface area contributed by atoms with Crippen molar-refractivity contribution < 1.29 is 4.79 Å². The molecule has 7 heteroatoms. The van der Waals surface area contributed by atoms with Gasteiger partial charge in [-0.25, -0.2) is 0 Å². The molecule has 0 saturated heterocycles. The van der Waals surface area contributed by atoms with E-state index < -0.39 is 6.04 Å². The van der Waals surface area contributed by atoms with Crippen molar-refractivity contribution in [1.29, 1.82) is 0 Å². The van der Waals surface area contributed by atoms with Crippen molar-refractivity contribution in [2.45, 2.75) is 6.04 Å². The van der Waals surface area contributed by atoms with E-state index in [9.17, 15) is 4.79 Å². The lowest BCUT2D eigenvalue weighted by molar-refractivity contribution is -0.117. The summed E-state index contributed by atoms with van der Waals surface area (Å²) in [5, 5.41) is 11.2. The maximum atomic E-state index is 12.2. The minimum atomic E-state index is -0.838. The van der Waals surface area contributed by atoms with Crippen LogP contribution >= 0.6 is 23.2 Å². The van der Waals surface area contributed by atoms with E-state index in [1.807, 2.05) is 12.1 Å². The largest absolute Gasteiger partial charge is 0.324 e. The number of nitrogens with two attached hydrogens (primary N) is 1. The average molecular weight is 335 g/mol. The van der Waals surface area contributed by atoms with E-state index >= 15 is 0 Å². The first kappa shape index (κ1) is 14.8. The molecule has 0 aliphatic rings. The number of carbonyl (C=O) groups is 1. The number of anilines is 1. The van der Waals surface area contributed by atoms with Crippen molar-refractivity contribution >= 4 is 45.7 Å². The predicted molar refractivity (Wildman–Crippen MR) is 88.1 cm³/mol. The van der Waals surface area contributed by atoms with Gasteiger partial charge in [0, 0.05) is 11.1 Å². The molecule has 0 fully saturated rings. The quantitative estimate of drug-likeness (QED) is 0.685. The Morgan fingerprint density at radius 1 is 1.18 bits per heavy atom. The number of rotatable bonds is 3. The minimum Gasteiger partial charge on any atom is -0.324 e. The van der Waals surface area contributed by atoms with Gasteiger partial charge in [-0.3, -0.25) is 9.89 Å². The lowest BCUT2D eigenvalue weighted by Crippen LogP contribution is -2.27. The summed E-state index contributed by atoms with van der Waals surface area (Å²) in [4.78, 5) is 12.2. The van der Waals surface area contributed by atoms with E-state index in [-0.39, 0.29) is 5.91 Å². The summed E-state index contributed by atoms with van der Waals surface area (Å²) in [6.07, 6.45) is 1.68. The van der Waals surface area contributed by atoms with Gasteiger partial charge >= 0.3 is 0 Å². The van der Waals surface area contributed by atoms with Crippen molar-refractivity contribution in [3.05, 3.63) is 58.2 Å². The summed E-state index contributed by atoms with van der Waals surface area (Å²) >= 11 is 11.8. The van der Waals surface area contributed by atoms with Gasteiger partial charge in [-0.15, -0.1) is 0 Å². The number of nitrogens with zero attached hydrogens (tertiary/aromatic N) is 1. The fourth-order valence-electron chi connectivity index (χ4n) is 2.10. The minimum absolute atomic E-state index is 0.332. The Morgan fingerprint density at radius 3 is 2.77 bits per heavy atom. The van der Waals surface area contributed by atoms with Crippen molar-refractivity contribution in [2.24, 2.45) is 5.73 Å². The summed E-state index contributed by atoms with van der Waals surface area (Å²) in [7, 11) is 0. The number of aromatic nitrogens is 2. The molecule has 3 aromatic rings. The zero-order valence-corrected chi connectivity index (χ0v) is 12.8. The third kappa shape index (κ3) is 2.92. The Bertz CT molecular complexity index is 846. The van der Waals surface area contributed by atoms with Crippen LogP contribution in [0.5, 0.6) is 0 Å². The molecule has 2 aromatic carbocycles. The van der Waals surface area contributed by atoms with Gasteiger partial charge in [-0.05, 0) is 35.9 Å². The number of halogens is 2. The van der Waals surface area contributed by atoms with Crippen LogP contribution in [0.3, 0.4) is 0 Å². The maximum absolute atomic E-state index is 12.2. The Balaban J connectivity index is 1.79. The van der Waals surface area contributed by atoms with Crippen LogP contribution in [0.4, 0.5) is 5.69 Å². The first-order valence-electron chi connectivity index (χ1n) is 6.49. The van der Waals surface area contributed by atoms with Gasteiger partial charge in [0.2, 0.25) is 5.91 Å². The van der Waals surface area contributed by atoms with Crippen molar-refractivity contribution in [3.8, 4) is 0 Å². The number of nitrogens with one attached hydrogen (secondary N) is 2. The molecule has 0 saturated carbocycles. The van der Waals surface area contributed by atoms with Gasteiger partial charge in [-0.2, -0.15) is 5.10 Å². The molecule has 0 aliphatic carbocycles. The number of fused-ring (bicyclic) bond motifs is 1. The van der Waals surface area contributed by atoms with Gasteiger partial charge in [-0.1, -0.05) is 29.3 Å². The van der Waals surface area contributed by atoms with Crippen LogP contribution in [0.25, 0.3) is 10.9 Å². The summed E-state index contributed by atoms with van der Waals surface area (Å²) in [6.45, 7) is 0. The maximum Gasteiger partial charge on any atom is 0.245 e. The molecule has 1 amide bonds. The summed E-state index contributed by atoms with van der Waals surface area (Å²) in [6, 6.07) is 9.48. The fraction of sp³-hybridized carbons (Fsp3) is 0.0667. The molecule has 3 rings (SSSR count). The average Bonchev–Trinajstić information content (AvgIpc) is 2.97. The second kappa shape index (κ2) is 5.96. The molecule has 0 bridgehead atoms. The molecule has 0 spiro atoms. The van der Waals surface area contributed by atoms with Crippen LogP contribution in [-0.2, 0) is 4.79 Å². The second-order valence-electron chi connectivity index (χ2n) is 4.81. The topological polar surface area (TPSA) is 83.8 Å². The SMILES string of the molecule is NC(C(=O)Nc1ccc2[nH]ncc2c1)c1ccc(Cl)c(Cl)c1. The number of amides is 1. The van der Waals surface area contributed by atoms with Gasteiger partial charge in [0.05, 0.1) is 21.8 Å². The summed E-state index contributed by atoms with van der Waals surface area (Å²) in [5.41, 5.74) is 8.10. The Hall–Kier alpha value is -2.08. The highest BCUT2D eigenvalue weighted by Gasteiger charge is 2.17. The zero-order valence-electron chi connectivity index (χ0n) is 11.3. The zero-order chi connectivity index (χ0) is 15.7. The van der Waals surface area contributed by atoms with Gasteiger partial charge in [0.1, 0.15) is 6.04 Å². The third-order valence-corrected chi connectivity index (χ3v) is 4.03. The molecule has 1 unspecified atom stereocenters. The van der Waals surface area contributed by atoms with Gasteiger partial charge in [0.25, 0.3) is 0 Å². The molecule has 1 aromatic heterocycles. The van der Waals surface area contributed by atoms with Gasteiger partial charge < -0.3 is 11.1 Å². The number of hydrogen-bond donors (Lipinski definition) is 3. The monoisotopic (exact) mass is 334 g/mol. The Morgan fingerprint density at radius 2 is 2.00 bits per heavy atom. The van der Waals surface area contributed by atoms with E-state index in [1.165, 1.54) is 0 Å². The number of benzene rings is 2. The summed E-state index contributed by atoms with van der Waals surface area (Å²) in [5.74, 6) is -0.332. The normalized spacial score (nSPS) is 12.3. The molecule has 1 atom stereocenters. The predicted octanol–water partition coefficient (Wildman–Crippen LogP) is 3.51. The van der Waals surface area contributed by atoms with E-state index in [0.717, 1.165) is 10.9 Å². The van der Waals surface area contributed by atoms with Crippen LogP contribution in [-0.4, -0.2) is 16.1 Å². The first-order chi connectivity index (χ1) is 10.5. The van der Waals surface area contributed by atoms with Crippen LogP contribution in [0.1, 0.15) is 11.6 Å². The summed E-state index contributed by atoms with van der Waals surface area (Å²) < 4.78 is 0. The van der Waals surface area contributed by atoms with Crippen LogP contribution in [0, 0.1) is 0 Å². The van der Waals surface area contributed by atoms with E-state index in [0.29, 0.717) is 21.3 Å². The Labute approximate surface area is 136 Å². The van der Waals surface area contributed by atoms with Gasteiger partial charge in [0.15, 0.2) is 0 Å². The van der Waals surface area contributed by atoms with Crippen LogP contribution < -0.4 is 11.1 Å². The smallest absolute Gasteiger partial charge is 0.245 e. The first-order valence-corrected chi connectivity index (χ1v) is 7.25. The molecule has 0 radical (unpaired) electrons. The molecular weight excluding hydrogens is 323 g/mol. The number of H-pyrrole nitrogens is 1. The standard InChI is InChI=1S/C15H12Cl2N4O/c16-11-3-1-8(6-12(11)17)14(18)15(22)20-10-2-4-13-9(5-10)7-19-21-13/h1-7,14H,18H2,(H,19,21)(H,20,22). The van der Waals surface area contributed by atoms with Crippen LogP contribution in [0.2, 0.25) is 10.0 Å². The highest BCUT2D eigenvalue weighted by Crippen LogP contribution is 2.25. The molecule has 5 nitrogen and oxygen atoms in total. The van der Waals surface area contributed by atoms with E-state index in [4.69, 9.17) is 28.9 Å². The molecule has 112 valence electrons. The van der Waals surface area contributed by atoms with Crippen LogP contribution in [0.15, 0.2) is 42.6 Å². The lowest BCUT2D eigenvalue weighted by atomic mass is 10.1. The van der Waals surface area contributed by atoms with Crippen molar-refractivity contribution in [2.75, 3.05) is 5.32 Å². The van der Waals surface area contributed by atoms with Crippen molar-refractivity contribution in [1.82, 2.24) is 10.2 Å². The molecule has 1 heterocycles. The van der Waals surface area contributed by atoms with E-state index in [1.54, 1.807) is 30.5 Å². The molecular formula is C15H12Cl2N4O. The number of carbonyl (C=O) groups excluding carboxylic acids is 1. The highest BCUT2D eigenvalue weighted by atomic mass is 35.5. The molecule has 4 N–H and O–H groups in total. The lowest BCUT2D eigenvalue weighted by Gasteiger charge is -2.13. The molecule has 0 aliphatic heterocycles.